The van der Waals surface area contributed by atoms with E-state index in [2.05, 4.69) is 16.0 Å². The molecular formula is C17H32B2N4O3S2. The molecule has 0 fully saturated rings. The molecule has 0 aromatic heterocycles. The van der Waals surface area contributed by atoms with E-state index in [0.717, 1.165) is 24.3 Å². The lowest BCUT2D eigenvalue weighted by Crippen LogP contribution is -2.50. The van der Waals surface area contributed by atoms with Gasteiger partial charge in [-0.3, -0.25) is 25.0 Å². The molecule has 0 aliphatic rings. The standard InChI is InChI=1S/C17H32B2N4O3S2/c1-21-8-13(24)9-22-14(11-27-6-2-4-18)16(25)10-23-15(17(20)26)12-28-7-3-5-19/h14-15,21-23H,2-12H2,1H3,(H2,20,26). The number of hydrogen-bond donors (Lipinski definition) is 4. The minimum absolute atomic E-state index is 0.0143. The molecule has 2 atom stereocenters. The summed E-state index contributed by atoms with van der Waals surface area (Å²) < 4.78 is 0. The van der Waals surface area contributed by atoms with Crippen molar-refractivity contribution in [3.05, 3.63) is 0 Å². The van der Waals surface area contributed by atoms with E-state index in [9.17, 15) is 14.4 Å². The molecule has 0 heterocycles. The van der Waals surface area contributed by atoms with E-state index in [1.54, 1.807) is 30.6 Å². The third-order valence-corrected chi connectivity index (χ3v) is 6.02. The number of likely N-dealkylation sites (N-methyl/N-ethyl adjacent to an activating group) is 1. The van der Waals surface area contributed by atoms with Crippen LogP contribution in [0.15, 0.2) is 0 Å². The third-order valence-electron chi connectivity index (χ3n) is 3.73. The molecule has 0 bridgehead atoms. The molecule has 1 amide bonds. The van der Waals surface area contributed by atoms with Crippen LogP contribution in [0.2, 0.25) is 12.6 Å². The Balaban J connectivity index is 4.57. The highest BCUT2D eigenvalue weighted by molar-refractivity contribution is 7.99. The first-order valence-corrected chi connectivity index (χ1v) is 11.8. The van der Waals surface area contributed by atoms with Crippen LogP contribution < -0.4 is 21.7 Å². The maximum absolute atomic E-state index is 12.6. The van der Waals surface area contributed by atoms with Crippen molar-refractivity contribution in [3.8, 4) is 0 Å². The fourth-order valence-corrected chi connectivity index (χ4v) is 4.26. The first-order chi connectivity index (χ1) is 13.5. The van der Waals surface area contributed by atoms with Gasteiger partial charge in [0, 0.05) is 11.5 Å². The normalized spacial score (nSPS) is 13.2. The number of rotatable bonds is 20. The minimum Gasteiger partial charge on any atom is -0.368 e. The summed E-state index contributed by atoms with van der Waals surface area (Å²) in [4.78, 5) is 35.9. The van der Waals surface area contributed by atoms with Gasteiger partial charge in [-0.05, 0) is 18.6 Å². The van der Waals surface area contributed by atoms with Gasteiger partial charge in [-0.15, -0.1) is 0 Å². The van der Waals surface area contributed by atoms with Gasteiger partial charge in [-0.2, -0.15) is 23.5 Å². The number of primary amides is 1. The van der Waals surface area contributed by atoms with Crippen molar-refractivity contribution >= 4 is 56.7 Å². The van der Waals surface area contributed by atoms with E-state index in [1.807, 2.05) is 0 Å². The van der Waals surface area contributed by atoms with Crippen LogP contribution >= 0.6 is 23.5 Å². The Labute approximate surface area is 180 Å². The second-order valence-electron chi connectivity index (χ2n) is 6.24. The van der Waals surface area contributed by atoms with Crippen LogP contribution in [0.25, 0.3) is 0 Å². The van der Waals surface area contributed by atoms with Gasteiger partial charge in [0.05, 0.1) is 47.4 Å². The summed E-state index contributed by atoms with van der Waals surface area (Å²) in [5.41, 5.74) is 5.43. The Hall–Kier alpha value is -0.480. The average Bonchev–Trinajstić information content (AvgIpc) is 2.66. The number of carbonyl (C=O) groups is 3. The van der Waals surface area contributed by atoms with Crippen molar-refractivity contribution in [1.29, 1.82) is 0 Å². The summed E-state index contributed by atoms with van der Waals surface area (Å²) >= 11 is 3.19. The highest BCUT2D eigenvalue weighted by Gasteiger charge is 2.22. The molecule has 0 aliphatic heterocycles. The van der Waals surface area contributed by atoms with Crippen molar-refractivity contribution in [2.75, 3.05) is 49.7 Å². The maximum atomic E-state index is 12.6. The molecule has 11 heteroatoms. The summed E-state index contributed by atoms with van der Waals surface area (Å²) in [6, 6.07) is -1.06. The van der Waals surface area contributed by atoms with Crippen molar-refractivity contribution in [2.45, 2.75) is 37.6 Å². The van der Waals surface area contributed by atoms with Gasteiger partial charge in [0.1, 0.15) is 0 Å². The first kappa shape index (κ1) is 27.5. The van der Waals surface area contributed by atoms with Crippen LogP contribution in [0, 0.1) is 0 Å². The zero-order valence-corrected chi connectivity index (χ0v) is 18.3. The highest BCUT2D eigenvalue weighted by Crippen LogP contribution is 2.08. The molecule has 5 N–H and O–H groups in total. The number of ketones is 2. The first-order valence-electron chi connectivity index (χ1n) is 9.46. The van der Waals surface area contributed by atoms with Gasteiger partial charge >= 0.3 is 0 Å². The zero-order valence-electron chi connectivity index (χ0n) is 16.7. The Morgan fingerprint density at radius 2 is 1.43 bits per heavy atom. The van der Waals surface area contributed by atoms with Gasteiger partial charge < -0.3 is 11.1 Å². The second-order valence-corrected chi connectivity index (χ2v) is 8.54. The van der Waals surface area contributed by atoms with Gasteiger partial charge in [-0.1, -0.05) is 25.5 Å². The number of thioether (sulfide) groups is 2. The van der Waals surface area contributed by atoms with Crippen LogP contribution in [-0.4, -0.2) is 94.9 Å². The molecule has 0 spiro atoms. The predicted molar refractivity (Wildman–Crippen MR) is 122 cm³/mol. The minimum atomic E-state index is -0.580. The van der Waals surface area contributed by atoms with Gasteiger partial charge in [0.2, 0.25) is 5.91 Å². The largest absolute Gasteiger partial charge is 0.368 e. The lowest BCUT2D eigenvalue weighted by molar-refractivity contribution is -0.121. The predicted octanol–water partition coefficient (Wildman–Crippen LogP) is -0.834. The van der Waals surface area contributed by atoms with Crippen molar-refractivity contribution < 1.29 is 14.4 Å². The van der Waals surface area contributed by atoms with Gasteiger partial charge in [0.25, 0.3) is 0 Å². The molecule has 4 radical (unpaired) electrons. The Bertz CT molecular complexity index is 462. The SMILES string of the molecule is [B]CCCSCC(NCC(=O)C(CSCCC[B])NCC(=O)CNC)C(N)=O. The van der Waals surface area contributed by atoms with E-state index in [1.165, 1.54) is 0 Å². The number of Topliss-reactive ketones (excluding diaryl/α,β-unsaturated/α-hetero) is 2. The van der Waals surface area contributed by atoms with Crippen molar-refractivity contribution in [3.63, 3.8) is 0 Å². The molecular weight excluding hydrogens is 394 g/mol. The summed E-state index contributed by atoms with van der Waals surface area (Å²) in [6.45, 7) is 0.375. The third kappa shape index (κ3) is 14.5. The second kappa shape index (κ2) is 18.5. The monoisotopic (exact) mass is 426 g/mol. The number of amides is 1. The highest BCUT2D eigenvalue weighted by atomic mass is 32.2. The fourth-order valence-electron chi connectivity index (χ4n) is 2.12. The maximum Gasteiger partial charge on any atom is 0.235 e. The van der Waals surface area contributed by atoms with Crippen LogP contribution in [0.3, 0.4) is 0 Å². The van der Waals surface area contributed by atoms with E-state index < -0.39 is 18.0 Å². The Morgan fingerprint density at radius 3 is 1.93 bits per heavy atom. The van der Waals surface area contributed by atoms with Crippen LogP contribution in [-0.2, 0) is 14.4 Å². The molecule has 0 aromatic carbocycles. The Morgan fingerprint density at radius 1 is 0.893 bits per heavy atom. The topological polar surface area (TPSA) is 113 Å². The quantitative estimate of drug-likeness (QED) is 0.147. The lowest BCUT2D eigenvalue weighted by Gasteiger charge is -2.20. The van der Waals surface area contributed by atoms with Crippen molar-refractivity contribution in [2.24, 2.45) is 5.73 Å². The molecule has 2 unspecified atom stereocenters. The van der Waals surface area contributed by atoms with E-state index in [4.69, 9.17) is 21.4 Å². The average molecular weight is 426 g/mol. The lowest BCUT2D eigenvalue weighted by atomic mass is 10.0. The molecule has 156 valence electrons. The molecule has 0 rings (SSSR count). The number of nitrogens with two attached hydrogens (primary N) is 1. The summed E-state index contributed by atoms with van der Waals surface area (Å²) in [5, 5.41) is 8.77. The molecule has 0 aromatic rings. The van der Waals surface area contributed by atoms with Crippen LogP contribution in [0.4, 0.5) is 0 Å². The van der Waals surface area contributed by atoms with E-state index in [0.29, 0.717) is 24.1 Å². The van der Waals surface area contributed by atoms with E-state index in [-0.39, 0.29) is 31.2 Å². The fraction of sp³-hybridized carbons (Fsp3) is 0.824. The number of carbonyl (C=O) groups excluding carboxylic acids is 3. The zero-order chi connectivity index (χ0) is 21.2. The summed E-state index contributed by atoms with van der Waals surface area (Å²) in [6.07, 6.45) is 2.93. The molecule has 0 aliphatic carbocycles. The van der Waals surface area contributed by atoms with Crippen LogP contribution in [0.5, 0.6) is 0 Å². The smallest absolute Gasteiger partial charge is 0.235 e. The number of hydrogen-bond acceptors (Lipinski definition) is 8. The van der Waals surface area contributed by atoms with Gasteiger partial charge in [-0.25, -0.2) is 0 Å². The molecule has 0 saturated heterocycles. The Kier molecular flexibility index (Phi) is 18.2. The van der Waals surface area contributed by atoms with E-state index >= 15 is 0 Å². The molecule has 28 heavy (non-hydrogen) atoms. The van der Waals surface area contributed by atoms with Gasteiger partial charge in [0.15, 0.2) is 11.6 Å². The van der Waals surface area contributed by atoms with Crippen molar-refractivity contribution in [1.82, 2.24) is 16.0 Å². The number of nitrogens with one attached hydrogen (secondary N) is 3. The summed E-state index contributed by atoms with van der Waals surface area (Å²) in [7, 11) is 12.6. The summed E-state index contributed by atoms with van der Waals surface area (Å²) in [5.74, 6) is 2.11. The molecule has 7 nitrogen and oxygen atoms in total. The van der Waals surface area contributed by atoms with Crippen LogP contribution in [0.1, 0.15) is 12.8 Å². The molecule has 0 saturated carbocycles.